The molecule has 3 aromatic rings. The van der Waals surface area contributed by atoms with Crippen LogP contribution in [0.25, 0.3) is 28.3 Å². The zero-order valence-electron chi connectivity index (χ0n) is 17.5. The highest BCUT2D eigenvalue weighted by Gasteiger charge is 2.10. The van der Waals surface area contributed by atoms with Gasteiger partial charge in [-0.15, -0.1) is 0 Å². The van der Waals surface area contributed by atoms with E-state index >= 15 is 0 Å². The predicted octanol–water partition coefficient (Wildman–Crippen LogP) is 5.17. The molecule has 0 unspecified atom stereocenters. The van der Waals surface area contributed by atoms with Gasteiger partial charge in [0.2, 0.25) is 5.91 Å². The van der Waals surface area contributed by atoms with Crippen molar-refractivity contribution in [3.63, 3.8) is 0 Å². The van der Waals surface area contributed by atoms with E-state index in [0.717, 1.165) is 39.6 Å². The van der Waals surface area contributed by atoms with Crippen LogP contribution >= 0.6 is 0 Å². The van der Waals surface area contributed by atoms with E-state index in [1.54, 1.807) is 11.6 Å². The lowest BCUT2D eigenvalue weighted by Gasteiger charge is -2.14. The molecule has 0 saturated heterocycles. The summed E-state index contributed by atoms with van der Waals surface area (Å²) in [5.74, 6) is -0.620. The third kappa shape index (κ3) is 6.55. The van der Waals surface area contributed by atoms with Crippen molar-refractivity contribution in [1.82, 2.24) is 5.48 Å². The summed E-state index contributed by atoms with van der Waals surface area (Å²) in [6.45, 7) is 0.461. The maximum absolute atomic E-state index is 11.1. The third-order valence-corrected chi connectivity index (χ3v) is 4.91. The smallest absolute Gasteiger partial charge is 0.328 e. The number of amides is 1. The molecule has 32 heavy (non-hydrogen) atoms. The molecule has 0 heterocycles. The summed E-state index contributed by atoms with van der Waals surface area (Å²) in [5.41, 5.74) is 6.47. The lowest BCUT2D eigenvalue weighted by atomic mass is 9.97. The maximum Gasteiger partial charge on any atom is 0.328 e. The van der Waals surface area contributed by atoms with Gasteiger partial charge in [0.05, 0.1) is 6.61 Å². The minimum atomic E-state index is -0.978. The largest absolute Gasteiger partial charge is 0.493 e. The van der Waals surface area contributed by atoms with Gasteiger partial charge < -0.3 is 9.84 Å². The van der Waals surface area contributed by atoms with Gasteiger partial charge in [-0.1, -0.05) is 60.7 Å². The Morgan fingerprint density at radius 3 is 2.28 bits per heavy atom. The summed E-state index contributed by atoms with van der Waals surface area (Å²) in [5, 5.41) is 17.3. The molecule has 0 radical (unpaired) electrons. The molecule has 0 atom stereocenters. The molecule has 0 spiro atoms. The topological polar surface area (TPSA) is 95.9 Å². The van der Waals surface area contributed by atoms with Crippen molar-refractivity contribution < 1.29 is 24.6 Å². The van der Waals surface area contributed by atoms with Crippen molar-refractivity contribution >= 4 is 18.0 Å². The van der Waals surface area contributed by atoms with Crippen LogP contribution in [0.4, 0.5) is 0 Å². The summed E-state index contributed by atoms with van der Waals surface area (Å²) in [7, 11) is 0. The Bertz CT molecular complexity index is 1080. The summed E-state index contributed by atoms with van der Waals surface area (Å²) >= 11 is 0. The van der Waals surface area contributed by atoms with Gasteiger partial charge >= 0.3 is 5.97 Å². The fraction of sp³-hybridized carbons (Fsp3) is 0.154. The van der Waals surface area contributed by atoms with E-state index in [4.69, 9.17) is 15.1 Å². The number of hydroxylamine groups is 1. The fourth-order valence-electron chi connectivity index (χ4n) is 3.26. The van der Waals surface area contributed by atoms with Gasteiger partial charge in [0.25, 0.3) is 0 Å². The molecular weight excluding hydrogens is 406 g/mol. The molecule has 3 aromatic carbocycles. The Hall–Kier alpha value is -3.90. The van der Waals surface area contributed by atoms with E-state index in [1.807, 2.05) is 66.7 Å². The first kappa shape index (κ1) is 22.8. The number of unbranched alkanes of at least 4 members (excludes halogenated alkanes) is 1. The van der Waals surface area contributed by atoms with E-state index in [9.17, 15) is 9.59 Å². The van der Waals surface area contributed by atoms with E-state index in [1.165, 1.54) is 0 Å². The van der Waals surface area contributed by atoms with E-state index < -0.39 is 11.9 Å². The summed E-state index contributed by atoms with van der Waals surface area (Å²) in [6, 6.07) is 23.6. The Morgan fingerprint density at radius 2 is 1.59 bits per heavy atom. The van der Waals surface area contributed by atoms with Gasteiger partial charge in [0.1, 0.15) is 5.75 Å². The number of hydrogen-bond acceptors (Lipinski definition) is 4. The van der Waals surface area contributed by atoms with Crippen LogP contribution in [0.1, 0.15) is 24.8 Å². The molecule has 164 valence electrons. The first-order valence-corrected chi connectivity index (χ1v) is 10.3. The zero-order chi connectivity index (χ0) is 22.8. The van der Waals surface area contributed by atoms with Crippen molar-refractivity contribution in [1.29, 1.82) is 0 Å². The van der Waals surface area contributed by atoms with Crippen LogP contribution in [0.5, 0.6) is 5.75 Å². The van der Waals surface area contributed by atoms with Crippen LogP contribution in [0.15, 0.2) is 78.9 Å². The summed E-state index contributed by atoms with van der Waals surface area (Å²) < 4.78 is 6.01. The monoisotopic (exact) mass is 431 g/mol. The number of ether oxygens (including phenoxy) is 1. The van der Waals surface area contributed by atoms with Crippen LogP contribution < -0.4 is 10.2 Å². The average molecular weight is 431 g/mol. The van der Waals surface area contributed by atoms with Crippen molar-refractivity contribution in [2.24, 2.45) is 0 Å². The molecule has 0 bridgehead atoms. The highest BCUT2D eigenvalue weighted by molar-refractivity contribution is 5.85. The van der Waals surface area contributed by atoms with E-state index in [0.29, 0.717) is 19.4 Å². The second-order valence-electron chi connectivity index (χ2n) is 7.21. The minimum Gasteiger partial charge on any atom is -0.493 e. The van der Waals surface area contributed by atoms with Crippen molar-refractivity contribution in [3.8, 4) is 28.0 Å². The van der Waals surface area contributed by atoms with Gasteiger partial charge in [0.15, 0.2) is 0 Å². The normalized spacial score (nSPS) is 10.8. The maximum atomic E-state index is 11.1. The van der Waals surface area contributed by atoms with Gasteiger partial charge in [-0.05, 0) is 53.3 Å². The van der Waals surface area contributed by atoms with Crippen LogP contribution in [-0.2, 0) is 9.59 Å². The second kappa shape index (κ2) is 11.5. The van der Waals surface area contributed by atoms with Gasteiger partial charge in [-0.3, -0.25) is 10.0 Å². The van der Waals surface area contributed by atoms with Crippen LogP contribution in [0.2, 0.25) is 0 Å². The second-order valence-corrected chi connectivity index (χ2v) is 7.21. The average Bonchev–Trinajstić information content (AvgIpc) is 2.83. The number of carboxylic acids is 1. The number of carboxylic acid groups (broad SMARTS) is 1. The SMILES string of the molecule is O=C(O)/C=C/c1ccc(-c2ccc(OCCCCC(=O)NO)c(-c3ccccc3)c2)cc1. The van der Waals surface area contributed by atoms with Gasteiger partial charge in [-0.2, -0.15) is 0 Å². The molecule has 0 aliphatic carbocycles. The van der Waals surface area contributed by atoms with Crippen LogP contribution in [0, 0.1) is 0 Å². The molecule has 3 rings (SSSR count). The standard InChI is InChI=1S/C26H25NO5/c28-25(27-31)8-4-5-17-32-24-15-14-22(18-23(24)21-6-2-1-3-7-21)20-12-9-19(10-13-20)11-16-26(29)30/h1-3,6-7,9-16,18,31H,4-5,8,17H2,(H,27,28)(H,29,30)/b16-11+. The van der Waals surface area contributed by atoms with Gasteiger partial charge in [-0.25, -0.2) is 10.3 Å². The molecule has 0 aromatic heterocycles. The number of nitrogens with one attached hydrogen (secondary N) is 1. The van der Waals surface area contributed by atoms with Crippen LogP contribution in [-0.4, -0.2) is 28.8 Å². The third-order valence-electron chi connectivity index (χ3n) is 4.91. The Balaban J connectivity index is 1.79. The van der Waals surface area contributed by atoms with Crippen molar-refractivity contribution in [2.45, 2.75) is 19.3 Å². The first-order valence-electron chi connectivity index (χ1n) is 10.3. The number of carbonyl (C=O) groups is 2. The molecule has 6 heteroatoms. The van der Waals surface area contributed by atoms with Crippen molar-refractivity contribution in [2.75, 3.05) is 6.61 Å². The molecule has 0 aliphatic heterocycles. The van der Waals surface area contributed by atoms with E-state index in [2.05, 4.69) is 6.07 Å². The summed E-state index contributed by atoms with van der Waals surface area (Å²) in [6.07, 6.45) is 4.23. The number of carbonyl (C=O) groups excluding carboxylic acids is 1. The Labute approximate surface area is 186 Å². The lowest BCUT2D eigenvalue weighted by Crippen LogP contribution is -2.18. The Kier molecular flexibility index (Phi) is 8.17. The lowest BCUT2D eigenvalue weighted by molar-refractivity contribution is -0.131. The quantitative estimate of drug-likeness (QED) is 0.178. The van der Waals surface area contributed by atoms with E-state index in [-0.39, 0.29) is 6.42 Å². The Morgan fingerprint density at radius 1 is 0.875 bits per heavy atom. The number of benzene rings is 3. The van der Waals surface area contributed by atoms with Gasteiger partial charge in [0, 0.05) is 18.1 Å². The summed E-state index contributed by atoms with van der Waals surface area (Å²) in [4.78, 5) is 21.8. The first-order chi connectivity index (χ1) is 15.6. The number of rotatable bonds is 10. The predicted molar refractivity (Wildman–Crippen MR) is 123 cm³/mol. The fourth-order valence-corrected chi connectivity index (χ4v) is 3.26. The van der Waals surface area contributed by atoms with Crippen molar-refractivity contribution in [3.05, 3.63) is 84.4 Å². The molecule has 1 amide bonds. The molecule has 0 saturated carbocycles. The highest BCUT2D eigenvalue weighted by Crippen LogP contribution is 2.34. The molecular formula is C26H25NO5. The number of hydrogen-bond donors (Lipinski definition) is 3. The molecule has 0 fully saturated rings. The highest BCUT2D eigenvalue weighted by atomic mass is 16.5. The number of aliphatic carboxylic acids is 1. The molecule has 6 nitrogen and oxygen atoms in total. The molecule has 3 N–H and O–H groups in total. The minimum absolute atomic E-state index is 0.252. The zero-order valence-corrected chi connectivity index (χ0v) is 17.5. The van der Waals surface area contributed by atoms with Crippen LogP contribution in [0.3, 0.4) is 0 Å². The molecule has 0 aliphatic rings.